The molecule has 0 aliphatic rings. The van der Waals surface area contributed by atoms with E-state index in [2.05, 4.69) is 124 Å². The summed E-state index contributed by atoms with van der Waals surface area (Å²) in [6.07, 6.45) is 8.43. The Bertz CT molecular complexity index is 1640. The molecule has 5 nitrogen and oxygen atoms in total. The smallest absolute Gasteiger partial charge is 0.223 e. The highest BCUT2D eigenvalue weighted by Crippen LogP contribution is 2.40. The van der Waals surface area contributed by atoms with Gasteiger partial charge in [-0.3, -0.25) is 4.79 Å². The Hall–Kier alpha value is -4.90. The van der Waals surface area contributed by atoms with E-state index in [9.17, 15) is 4.79 Å². The molecule has 1 atom stereocenters. The van der Waals surface area contributed by atoms with Crippen LogP contribution in [0.3, 0.4) is 0 Å². The predicted octanol–water partition coefficient (Wildman–Crippen LogP) is 7.13. The van der Waals surface area contributed by atoms with Crippen molar-refractivity contribution in [1.29, 1.82) is 0 Å². The van der Waals surface area contributed by atoms with Gasteiger partial charge in [0, 0.05) is 35.8 Å². The summed E-state index contributed by atoms with van der Waals surface area (Å²) in [6.45, 7) is 2.61. The average Bonchev–Trinajstić information content (AvgIpc) is 3.69. The van der Waals surface area contributed by atoms with Crippen LogP contribution in [-0.4, -0.2) is 27.0 Å². The molecule has 5 heteroatoms. The second kappa shape index (κ2) is 12.3. The van der Waals surface area contributed by atoms with Crippen molar-refractivity contribution in [2.24, 2.45) is 5.92 Å². The first kappa shape index (κ1) is 27.3. The predicted molar refractivity (Wildman–Crippen MR) is 169 cm³/mol. The number of aromatic amines is 1. The Morgan fingerprint density at radius 1 is 0.833 bits per heavy atom. The van der Waals surface area contributed by atoms with Gasteiger partial charge in [0.25, 0.3) is 0 Å². The maximum atomic E-state index is 12.9. The molecule has 0 radical (unpaired) electrons. The van der Waals surface area contributed by atoms with Crippen LogP contribution in [0.25, 0.3) is 10.9 Å². The molecule has 6 aromatic rings. The van der Waals surface area contributed by atoms with Crippen molar-refractivity contribution in [2.45, 2.75) is 31.7 Å². The third-order valence-electron chi connectivity index (χ3n) is 8.16. The molecule has 0 unspecified atom stereocenters. The number of imidazole rings is 1. The van der Waals surface area contributed by atoms with Crippen LogP contribution in [0, 0.1) is 5.92 Å². The van der Waals surface area contributed by atoms with Crippen LogP contribution in [0.5, 0.6) is 0 Å². The summed E-state index contributed by atoms with van der Waals surface area (Å²) >= 11 is 0. The van der Waals surface area contributed by atoms with E-state index in [1.54, 1.807) is 0 Å². The SMILES string of the molecule is C[C@H](Cc1c[nH]c2ccccc12)C(=O)NCCCc1cn(C(c2ccccc2)(c2ccccc2)c2ccccc2)cn1. The fraction of sp³-hybridized carbons (Fsp3) is 0.189. The Morgan fingerprint density at radius 2 is 1.40 bits per heavy atom. The lowest BCUT2D eigenvalue weighted by atomic mass is 9.77. The lowest BCUT2D eigenvalue weighted by Gasteiger charge is -2.37. The van der Waals surface area contributed by atoms with Crippen LogP contribution in [-0.2, 0) is 23.2 Å². The van der Waals surface area contributed by atoms with Gasteiger partial charge in [0.2, 0.25) is 5.91 Å². The second-order valence-corrected chi connectivity index (χ2v) is 10.9. The summed E-state index contributed by atoms with van der Waals surface area (Å²) < 4.78 is 2.24. The third kappa shape index (κ3) is 5.38. The number of fused-ring (bicyclic) bond motifs is 1. The number of H-pyrrole nitrogens is 1. The molecule has 6 rings (SSSR count). The molecule has 0 aliphatic heterocycles. The first-order chi connectivity index (χ1) is 20.7. The Kier molecular flexibility index (Phi) is 8.00. The van der Waals surface area contributed by atoms with Crippen LogP contribution >= 0.6 is 0 Å². The van der Waals surface area contributed by atoms with E-state index < -0.39 is 5.54 Å². The maximum Gasteiger partial charge on any atom is 0.223 e. The van der Waals surface area contributed by atoms with Crippen molar-refractivity contribution in [2.75, 3.05) is 6.54 Å². The highest BCUT2D eigenvalue weighted by molar-refractivity contribution is 5.84. The van der Waals surface area contributed by atoms with Gasteiger partial charge in [-0.25, -0.2) is 4.98 Å². The Morgan fingerprint density at radius 3 is 2.02 bits per heavy atom. The normalized spacial score (nSPS) is 12.3. The van der Waals surface area contributed by atoms with Crippen LogP contribution in [0.15, 0.2) is 134 Å². The zero-order valence-electron chi connectivity index (χ0n) is 23.9. The molecule has 0 spiro atoms. The molecule has 0 saturated heterocycles. The summed E-state index contributed by atoms with van der Waals surface area (Å²) in [6, 6.07) is 40.1. The van der Waals surface area contributed by atoms with E-state index in [1.165, 1.54) is 27.6 Å². The summed E-state index contributed by atoms with van der Waals surface area (Å²) in [5.74, 6) is -0.0197. The minimum atomic E-state index is -0.568. The van der Waals surface area contributed by atoms with Crippen molar-refractivity contribution < 1.29 is 4.79 Å². The number of rotatable bonds is 11. The fourth-order valence-electron chi connectivity index (χ4n) is 6.04. The summed E-state index contributed by atoms with van der Waals surface area (Å²) in [5, 5.41) is 4.33. The number of hydrogen-bond acceptors (Lipinski definition) is 2. The molecule has 0 saturated carbocycles. The number of nitrogens with zero attached hydrogens (tertiary/aromatic N) is 2. The van der Waals surface area contributed by atoms with Gasteiger partial charge in [0.1, 0.15) is 5.54 Å². The number of para-hydroxylation sites is 1. The molecule has 2 aromatic heterocycles. The van der Waals surface area contributed by atoms with Gasteiger partial charge in [-0.1, -0.05) is 116 Å². The van der Waals surface area contributed by atoms with Crippen molar-refractivity contribution in [3.63, 3.8) is 0 Å². The number of aryl methyl sites for hydroxylation is 1. The van der Waals surface area contributed by atoms with E-state index in [4.69, 9.17) is 4.98 Å². The van der Waals surface area contributed by atoms with Gasteiger partial charge >= 0.3 is 0 Å². The van der Waals surface area contributed by atoms with Gasteiger partial charge in [0.05, 0.1) is 12.0 Å². The van der Waals surface area contributed by atoms with Gasteiger partial charge in [-0.2, -0.15) is 0 Å². The minimum absolute atomic E-state index is 0.0852. The zero-order valence-corrected chi connectivity index (χ0v) is 23.9. The Balaban J connectivity index is 1.17. The standard InChI is InChI=1S/C37H36N4O/c1-28(24-29-25-39-35-22-12-11-21-34(29)35)36(42)38-23-13-20-33-26-41(27-40-33)37(30-14-5-2-6-15-30,31-16-7-3-8-17-31)32-18-9-4-10-19-32/h2-12,14-19,21-22,25-28,39H,13,20,23-24H2,1H3,(H,38,42)/t28-/m1/s1. The number of benzene rings is 4. The molecule has 0 bridgehead atoms. The molecule has 1 amide bonds. The number of nitrogens with one attached hydrogen (secondary N) is 2. The molecule has 42 heavy (non-hydrogen) atoms. The molecule has 0 fully saturated rings. The molecule has 0 aliphatic carbocycles. The van der Waals surface area contributed by atoms with Gasteiger partial charge in [0.15, 0.2) is 0 Å². The lowest BCUT2D eigenvalue weighted by Crippen LogP contribution is -2.36. The molecular formula is C37H36N4O. The average molecular weight is 553 g/mol. The van der Waals surface area contributed by atoms with E-state index >= 15 is 0 Å². The zero-order chi connectivity index (χ0) is 28.8. The van der Waals surface area contributed by atoms with E-state index in [1.807, 2.05) is 31.6 Å². The highest BCUT2D eigenvalue weighted by Gasteiger charge is 2.38. The third-order valence-corrected chi connectivity index (χ3v) is 8.16. The first-order valence-electron chi connectivity index (χ1n) is 14.7. The van der Waals surface area contributed by atoms with Gasteiger partial charge in [-0.15, -0.1) is 0 Å². The molecule has 210 valence electrons. The van der Waals surface area contributed by atoms with Gasteiger partial charge < -0.3 is 14.9 Å². The van der Waals surface area contributed by atoms with E-state index in [0.29, 0.717) is 13.0 Å². The second-order valence-electron chi connectivity index (χ2n) is 10.9. The topological polar surface area (TPSA) is 62.7 Å². The maximum absolute atomic E-state index is 12.9. The number of carbonyl (C=O) groups excluding carboxylic acids is 1. The van der Waals surface area contributed by atoms with Crippen molar-refractivity contribution in [1.82, 2.24) is 19.9 Å². The van der Waals surface area contributed by atoms with E-state index in [-0.39, 0.29) is 11.8 Å². The van der Waals surface area contributed by atoms with E-state index in [0.717, 1.165) is 24.1 Å². The molecule has 2 heterocycles. The number of hydrogen-bond donors (Lipinski definition) is 2. The number of carbonyl (C=O) groups is 1. The van der Waals surface area contributed by atoms with Crippen molar-refractivity contribution >= 4 is 16.8 Å². The summed E-state index contributed by atoms with van der Waals surface area (Å²) in [4.78, 5) is 21.0. The minimum Gasteiger partial charge on any atom is -0.361 e. The van der Waals surface area contributed by atoms with Crippen LogP contribution < -0.4 is 5.32 Å². The summed E-state index contributed by atoms with van der Waals surface area (Å²) in [7, 11) is 0. The molecule has 4 aromatic carbocycles. The number of amides is 1. The highest BCUT2D eigenvalue weighted by atomic mass is 16.1. The largest absolute Gasteiger partial charge is 0.361 e. The molecule has 2 N–H and O–H groups in total. The fourth-order valence-corrected chi connectivity index (χ4v) is 6.04. The molecular weight excluding hydrogens is 516 g/mol. The Labute approximate surface area is 247 Å². The van der Waals surface area contributed by atoms with Crippen LogP contribution in [0.1, 0.15) is 41.3 Å². The van der Waals surface area contributed by atoms with Gasteiger partial charge in [-0.05, 0) is 47.6 Å². The summed E-state index contributed by atoms with van der Waals surface area (Å²) in [5.41, 5.74) is 6.23. The van der Waals surface area contributed by atoms with Crippen LogP contribution in [0.2, 0.25) is 0 Å². The van der Waals surface area contributed by atoms with Crippen molar-refractivity contribution in [3.8, 4) is 0 Å². The quantitative estimate of drug-likeness (QED) is 0.133. The first-order valence-corrected chi connectivity index (χ1v) is 14.7. The lowest BCUT2D eigenvalue weighted by molar-refractivity contribution is -0.124. The monoisotopic (exact) mass is 552 g/mol. The van der Waals surface area contributed by atoms with Crippen LogP contribution in [0.4, 0.5) is 0 Å². The van der Waals surface area contributed by atoms with Crippen molar-refractivity contribution in [3.05, 3.63) is 162 Å². The number of aromatic nitrogens is 3.